The van der Waals surface area contributed by atoms with Crippen molar-refractivity contribution in [3.8, 4) is 0 Å². The van der Waals surface area contributed by atoms with E-state index in [9.17, 15) is 9.59 Å². The Bertz CT molecular complexity index is 524. The van der Waals surface area contributed by atoms with Crippen molar-refractivity contribution in [3.05, 3.63) is 42.0 Å². The highest BCUT2D eigenvalue weighted by atomic mass is 16.4. The molecular formula is C17H21NO3. The van der Waals surface area contributed by atoms with Gasteiger partial charge in [0.05, 0.1) is 5.92 Å². The Balaban J connectivity index is 1.83. The van der Waals surface area contributed by atoms with Gasteiger partial charge in [-0.1, -0.05) is 42.5 Å². The molecule has 2 rings (SSSR count). The van der Waals surface area contributed by atoms with Gasteiger partial charge in [0, 0.05) is 19.5 Å². The van der Waals surface area contributed by atoms with Crippen LogP contribution in [0, 0.1) is 11.8 Å². The Morgan fingerprint density at radius 2 is 1.90 bits per heavy atom. The van der Waals surface area contributed by atoms with Gasteiger partial charge in [-0.25, -0.2) is 0 Å². The van der Waals surface area contributed by atoms with Crippen LogP contribution in [0.5, 0.6) is 0 Å². The van der Waals surface area contributed by atoms with E-state index in [4.69, 9.17) is 5.11 Å². The molecule has 2 atom stereocenters. The summed E-state index contributed by atoms with van der Waals surface area (Å²) in [7, 11) is 1.77. The lowest BCUT2D eigenvalue weighted by Crippen LogP contribution is -2.32. The van der Waals surface area contributed by atoms with E-state index in [-0.39, 0.29) is 17.7 Å². The van der Waals surface area contributed by atoms with Gasteiger partial charge in [0.15, 0.2) is 0 Å². The van der Waals surface area contributed by atoms with E-state index in [0.717, 1.165) is 5.56 Å². The zero-order chi connectivity index (χ0) is 15.2. The van der Waals surface area contributed by atoms with Crippen LogP contribution in [0.25, 0.3) is 6.08 Å². The normalized spacial score (nSPS) is 21.6. The molecule has 1 N–H and O–H groups in total. The number of nitrogens with zero attached hydrogens (tertiary/aromatic N) is 1. The fourth-order valence-corrected chi connectivity index (χ4v) is 2.74. The van der Waals surface area contributed by atoms with Crippen LogP contribution in [0.15, 0.2) is 36.4 Å². The van der Waals surface area contributed by atoms with E-state index < -0.39 is 5.97 Å². The maximum Gasteiger partial charge on any atom is 0.306 e. The summed E-state index contributed by atoms with van der Waals surface area (Å²) in [6, 6.07) is 9.92. The molecule has 1 saturated carbocycles. The molecule has 0 spiro atoms. The molecule has 112 valence electrons. The van der Waals surface area contributed by atoms with Crippen LogP contribution < -0.4 is 0 Å². The first-order valence-corrected chi connectivity index (χ1v) is 7.27. The van der Waals surface area contributed by atoms with Gasteiger partial charge in [-0.15, -0.1) is 0 Å². The number of carboxylic acid groups (broad SMARTS) is 1. The lowest BCUT2D eigenvalue weighted by molar-refractivity contribution is -0.141. The number of carbonyl (C=O) groups excluding carboxylic acids is 1. The van der Waals surface area contributed by atoms with Gasteiger partial charge in [0.1, 0.15) is 0 Å². The van der Waals surface area contributed by atoms with Gasteiger partial charge >= 0.3 is 5.97 Å². The molecule has 1 aliphatic carbocycles. The molecule has 0 saturated heterocycles. The van der Waals surface area contributed by atoms with Gasteiger partial charge in [0.2, 0.25) is 5.91 Å². The number of hydrogen-bond donors (Lipinski definition) is 1. The summed E-state index contributed by atoms with van der Waals surface area (Å²) in [6.45, 7) is 0.544. The molecule has 0 bridgehead atoms. The third-order valence-corrected chi connectivity index (χ3v) is 4.00. The minimum absolute atomic E-state index is 0.0523. The van der Waals surface area contributed by atoms with Crippen molar-refractivity contribution in [3.63, 3.8) is 0 Å². The summed E-state index contributed by atoms with van der Waals surface area (Å²) in [5.41, 5.74) is 1.10. The maximum absolute atomic E-state index is 12.3. The van der Waals surface area contributed by atoms with Crippen molar-refractivity contribution in [1.82, 2.24) is 4.90 Å². The third kappa shape index (κ3) is 4.18. The summed E-state index contributed by atoms with van der Waals surface area (Å²) in [5, 5.41) is 8.98. The molecule has 0 aromatic heterocycles. The zero-order valence-electron chi connectivity index (χ0n) is 12.2. The minimum Gasteiger partial charge on any atom is -0.481 e. The first kappa shape index (κ1) is 15.3. The molecule has 1 amide bonds. The lowest BCUT2D eigenvalue weighted by Gasteiger charge is -2.19. The van der Waals surface area contributed by atoms with Crippen molar-refractivity contribution in [2.45, 2.75) is 19.3 Å². The van der Waals surface area contributed by atoms with Crippen LogP contribution in [-0.4, -0.2) is 35.5 Å². The van der Waals surface area contributed by atoms with Gasteiger partial charge in [-0.2, -0.15) is 0 Å². The lowest BCUT2D eigenvalue weighted by atomic mass is 10.0. The van der Waals surface area contributed by atoms with E-state index >= 15 is 0 Å². The number of hydrogen-bond acceptors (Lipinski definition) is 2. The van der Waals surface area contributed by atoms with Crippen molar-refractivity contribution < 1.29 is 14.7 Å². The number of carbonyl (C=O) groups is 2. The predicted octanol–water partition coefficient (Wildman–Crippen LogP) is 2.66. The number of rotatable bonds is 5. The van der Waals surface area contributed by atoms with E-state index in [0.29, 0.717) is 25.8 Å². The van der Waals surface area contributed by atoms with Crippen LogP contribution in [-0.2, 0) is 9.59 Å². The Morgan fingerprint density at radius 1 is 1.24 bits per heavy atom. The smallest absolute Gasteiger partial charge is 0.306 e. The van der Waals surface area contributed by atoms with Gasteiger partial charge in [0.25, 0.3) is 0 Å². The SMILES string of the molecule is CN(C/C=C/c1ccccc1)C(=O)[C@H]1CC[C@@H](C(=O)O)C1. The second kappa shape index (κ2) is 7.07. The fraction of sp³-hybridized carbons (Fsp3) is 0.412. The van der Waals surface area contributed by atoms with Crippen LogP contribution in [0.1, 0.15) is 24.8 Å². The molecule has 1 aromatic rings. The zero-order valence-corrected chi connectivity index (χ0v) is 12.2. The standard InChI is InChI=1S/C17H21NO3/c1-18(11-5-8-13-6-3-2-4-7-13)16(19)14-9-10-15(12-14)17(20)21/h2-8,14-15H,9-12H2,1H3,(H,20,21)/b8-5+/t14-,15+/m0/s1. The van der Waals surface area contributed by atoms with Crippen LogP contribution in [0.2, 0.25) is 0 Å². The van der Waals surface area contributed by atoms with Gasteiger partial charge in [-0.05, 0) is 24.8 Å². The van der Waals surface area contributed by atoms with E-state index in [1.807, 2.05) is 42.5 Å². The summed E-state index contributed by atoms with van der Waals surface area (Å²) in [6.07, 6.45) is 5.71. The van der Waals surface area contributed by atoms with E-state index in [1.54, 1.807) is 11.9 Å². The van der Waals surface area contributed by atoms with Crippen molar-refractivity contribution >= 4 is 18.0 Å². The number of aliphatic carboxylic acids is 1. The summed E-state index contributed by atoms with van der Waals surface area (Å²) in [4.78, 5) is 24.9. The van der Waals surface area contributed by atoms with E-state index in [1.165, 1.54) is 0 Å². The second-order valence-electron chi connectivity index (χ2n) is 5.58. The Kier molecular flexibility index (Phi) is 5.14. The molecule has 0 aliphatic heterocycles. The first-order valence-electron chi connectivity index (χ1n) is 7.27. The number of amides is 1. The number of benzene rings is 1. The molecule has 0 heterocycles. The summed E-state index contributed by atoms with van der Waals surface area (Å²) >= 11 is 0. The quantitative estimate of drug-likeness (QED) is 0.905. The maximum atomic E-state index is 12.3. The molecular weight excluding hydrogens is 266 g/mol. The summed E-state index contributed by atoms with van der Waals surface area (Å²) in [5.74, 6) is -1.22. The van der Waals surface area contributed by atoms with Crippen molar-refractivity contribution in [1.29, 1.82) is 0 Å². The Labute approximate surface area is 125 Å². The summed E-state index contributed by atoms with van der Waals surface area (Å²) < 4.78 is 0. The molecule has 4 heteroatoms. The van der Waals surface area contributed by atoms with Crippen LogP contribution >= 0.6 is 0 Å². The second-order valence-corrected chi connectivity index (χ2v) is 5.58. The minimum atomic E-state index is -0.781. The predicted molar refractivity (Wildman–Crippen MR) is 81.6 cm³/mol. The number of likely N-dealkylation sites (N-methyl/N-ethyl adjacent to an activating group) is 1. The molecule has 0 unspecified atom stereocenters. The van der Waals surface area contributed by atoms with Crippen LogP contribution in [0.4, 0.5) is 0 Å². The average Bonchev–Trinajstić information content (AvgIpc) is 2.97. The highest BCUT2D eigenvalue weighted by Gasteiger charge is 2.34. The van der Waals surface area contributed by atoms with Crippen LogP contribution in [0.3, 0.4) is 0 Å². The molecule has 1 aromatic carbocycles. The molecule has 21 heavy (non-hydrogen) atoms. The van der Waals surface area contributed by atoms with Crippen molar-refractivity contribution in [2.75, 3.05) is 13.6 Å². The highest BCUT2D eigenvalue weighted by Crippen LogP contribution is 2.32. The third-order valence-electron chi connectivity index (χ3n) is 4.00. The monoisotopic (exact) mass is 287 g/mol. The molecule has 0 radical (unpaired) electrons. The molecule has 4 nitrogen and oxygen atoms in total. The van der Waals surface area contributed by atoms with Gasteiger partial charge < -0.3 is 10.0 Å². The molecule has 1 aliphatic rings. The van der Waals surface area contributed by atoms with Crippen molar-refractivity contribution in [2.24, 2.45) is 11.8 Å². The van der Waals surface area contributed by atoms with E-state index in [2.05, 4.69) is 0 Å². The molecule has 1 fully saturated rings. The first-order chi connectivity index (χ1) is 10.1. The average molecular weight is 287 g/mol. The highest BCUT2D eigenvalue weighted by molar-refractivity contribution is 5.81. The van der Waals surface area contributed by atoms with Gasteiger partial charge in [-0.3, -0.25) is 9.59 Å². The topological polar surface area (TPSA) is 57.6 Å². The largest absolute Gasteiger partial charge is 0.481 e. The Morgan fingerprint density at radius 3 is 2.52 bits per heavy atom. The number of carboxylic acids is 1. The fourth-order valence-electron chi connectivity index (χ4n) is 2.74. The Hall–Kier alpha value is -2.10.